The molecule has 0 atom stereocenters. The monoisotopic (exact) mass is 692 g/mol. The Morgan fingerprint density at radius 1 is 0.459 bits per heavy atom. The van der Waals surface area contributed by atoms with Gasteiger partial charge in [0.1, 0.15) is 0 Å². The van der Waals surface area contributed by atoms with Crippen LogP contribution in [0.4, 0.5) is 0 Å². The van der Waals surface area contributed by atoms with Gasteiger partial charge in [-0.1, -0.05) is 73.4 Å². The maximum atomic E-state index is 10.7. The Hall–Kier alpha value is 1.15. The fourth-order valence-electron chi connectivity index (χ4n) is 1.03. The number of hydrogen-bond acceptors (Lipinski definition) is 12. The van der Waals surface area contributed by atoms with E-state index in [-0.39, 0.29) is 42.2 Å². The average Bonchev–Trinajstić information content (AvgIpc) is 2.83. The summed E-state index contributed by atoms with van der Waals surface area (Å²) in [6.07, 6.45) is 0. The summed E-state index contributed by atoms with van der Waals surface area (Å²) >= 11 is 23.6. The summed E-state index contributed by atoms with van der Waals surface area (Å²) < 4.78 is 0. The molecule has 0 aliphatic carbocycles. The van der Waals surface area contributed by atoms with Crippen molar-refractivity contribution >= 4 is 118 Å². The summed E-state index contributed by atoms with van der Waals surface area (Å²) in [6.45, 7) is 20.8. The van der Waals surface area contributed by atoms with Gasteiger partial charge in [0.2, 0.25) is 20.5 Å². The molecule has 0 aliphatic heterocycles. The van der Waals surface area contributed by atoms with Crippen LogP contribution in [0.15, 0.2) is 48.6 Å². The van der Waals surface area contributed by atoms with E-state index < -0.39 is 0 Å². The molecule has 0 spiro atoms. The van der Waals surface area contributed by atoms with Crippen molar-refractivity contribution in [3.05, 3.63) is 48.6 Å². The van der Waals surface area contributed by atoms with E-state index in [2.05, 4.69) is 76.8 Å². The van der Waals surface area contributed by atoms with Gasteiger partial charge >= 0.3 is 21.7 Å². The topological polar surface area (TPSA) is 68.3 Å². The molecule has 0 saturated carbocycles. The van der Waals surface area contributed by atoms with E-state index in [4.69, 9.17) is 0 Å². The van der Waals surface area contributed by atoms with Gasteiger partial charge in [-0.15, -0.1) is 0 Å². The predicted molar refractivity (Wildman–Crippen MR) is 178 cm³/mol. The molecular weight excluding hydrogens is 657 g/mol. The molecule has 0 rings (SSSR count). The molecule has 0 aliphatic rings. The molecular formula is C24H36O4S8Ti. The van der Waals surface area contributed by atoms with Crippen LogP contribution in [-0.2, 0) is 91.4 Å². The van der Waals surface area contributed by atoms with Gasteiger partial charge in [-0.3, -0.25) is 19.2 Å². The SMILES string of the molecule is C=C(C)C(=O)SCC[S-].C=C(C)C(=O)SCC[S-].C=C(C)C(=O)SCC[S-].C=C(C)C(=O)SCC[S-].[Ti+4]. The molecule has 0 unspecified atom stereocenters. The van der Waals surface area contributed by atoms with Crippen molar-refractivity contribution in [3.8, 4) is 0 Å². The standard InChI is InChI=1S/4C6H10OS2.Ti/c4*1-5(2)6(7)9-4-3-8;/h4*8H,1,3-4H2,2H3;/q;;;;+4/p-4. The number of carbonyl (C=O) groups is 4. The predicted octanol–water partition coefficient (Wildman–Crippen LogP) is 5.47. The number of thioether (sulfide) groups is 4. The van der Waals surface area contributed by atoms with E-state index in [1.807, 2.05) is 0 Å². The average molecular weight is 693 g/mol. The van der Waals surface area contributed by atoms with E-state index in [9.17, 15) is 19.2 Å². The minimum absolute atomic E-state index is 0. The zero-order valence-electron chi connectivity index (χ0n) is 21.9. The molecule has 0 aromatic carbocycles. The normalized spacial score (nSPS) is 8.86. The first-order valence-corrected chi connectivity index (χ1v) is 16.6. The quantitative estimate of drug-likeness (QED) is 0.148. The summed E-state index contributed by atoms with van der Waals surface area (Å²) in [5, 5.41) is 0.222. The third-order valence-electron chi connectivity index (χ3n) is 2.66. The van der Waals surface area contributed by atoms with Gasteiger partial charge in [0.15, 0.2) is 0 Å². The first-order valence-electron chi connectivity index (χ1n) is 10.4. The molecule has 0 aromatic rings. The van der Waals surface area contributed by atoms with Gasteiger partial charge in [-0.25, -0.2) is 0 Å². The fraction of sp³-hybridized carbons (Fsp3) is 0.500. The summed E-state index contributed by atoms with van der Waals surface area (Å²) in [5.74, 6) is 5.41. The van der Waals surface area contributed by atoms with Gasteiger partial charge in [-0.05, 0) is 73.0 Å². The number of carbonyl (C=O) groups excluding carboxylic acids is 4. The Labute approximate surface area is 278 Å². The van der Waals surface area contributed by atoms with Crippen molar-refractivity contribution < 1.29 is 40.9 Å². The molecule has 0 saturated heterocycles. The van der Waals surface area contributed by atoms with Crippen molar-refractivity contribution in [3.63, 3.8) is 0 Å². The molecule has 0 radical (unpaired) electrons. The molecule has 0 aromatic heterocycles. The van der Waals surface area contributed by atoms with Crippen LogP contribution in [-0.4, -0.2) is 66.5 Å². The Morgan fingerprint density at radius 2 is 0.595 bits per heavy atom. The largest absolute Gasteiger partial charge is 4.00 e. The Kier molecular flexibility index (Phi) is 45.6. The second kappa shape index (κ2) is 35.2. The molecule has 13 heteroatoms. The summed E-state index contributed by atoms with van der Waals surface area (Å²) in [7, 11) is 0. The third-order valence-corrected chi connectivity index (χ3v) is 8.59. The number of hydrogen-bond donors (Lipinski definition) is 0. The van der Waals surface area contributed by atoms with Crippen molar-refractivity contribution in [1.82, 2.24) is 0 Å². The zero-order valence-corrected chi connectivity index (χ0v) is 30.0. The first kappa shape index (κ1) is 47.9. The number of rotatable bonds is 12. The first-order chi connectivity index (χ1) is 16.7. The molecule has 208 valence electrons. The summed E-state index contributed by atoms with van der Waals surface area (Å²) in [4.78, 5) is 42.9. The minimum atomic E-state index is 0. The Bertz CT molecular complexity index is 608. The Morgan fingerprint density at radius 3 is 0.676 bits per heavy atom. The van der Waals surface area contributed by atoms with Gasteiger partial charge < -0.3 is 50.5 Å². The summed E-state index contributed by atoms with van der Waals surface area (Å²) in [6, 6.07) is 0. The van der Waals surface area contributed by atoms with Gasteiger partial charge in [0.05, 0.1) is 0 Å². The second-order valence-electron chi connectivity index (χ2n) is 6.48. The van der Waals surface area contributed by atoms with E-state index in [1.54, 1.807) is 27.7 Å². The zero-order chi connectivity index (χ0) is 29.1. The molecule has 0 N–H and O–H groups in total. The fourth-order valence-corrected chi connectivity index (χ4v) is 4.09. The van der Waals surface area contributed by atoms with Crippen LogP contribution in [0.25, 0.3) is 0 Å². The van der Waals surface area contributed by atoms with Crippen LogP contribution in [0.2, 0.25) is 0 Å². The van der Waals surface area contributed by atoms with Crippen molar-refractivity contribution in [2.24, 2.45) is 0 Å². The molecule has 0 heterocycles. The van der Waals surface area contributed by atoms with Crippen molar-refractivity contribution in [2.45, 2.75) is 27.7 Å². The summed E-state index contributed by atoms with van der Waals surface area (Å²) in [5.41, 5.74) is 2.40. The molecule has 4 nitrogen and oxygen atoms in total. The van der Waals surface area contributed by atoms with E-state index >= 15 is 0 Å². The third kappa shape index (κ3) is 41.8. The second-order valence-corrected chi connectivity index (χ2v) is 12.4. The Balaban J connectivity index is -0.000000122. The molecule has 0 bridgehead atoms. The van der Waals surface area contributed by atoms with Gasteiger partial charge in [0.25, 0.3) is 0 Å². The van der Waals surface area contributed by atoms with Crippen LogP contribution >= 0.6 is 47.0 Å². The van der Waals surface area contributed by atoms with Gasteiger partial charge in [0, 0.05) is 0 Å². The molecule has 0 amide bonds. The van der Waals surface area contributed by atoms with E-state index in [1.165, 1.54) is 47.0 Å². The maximum absolute atomic E-state index is 10.7. The van der Waals surface area contributed by atoms with Crippen molar-refractivity contribution in [1.29, 1.82) is 0 Å². The van der Waals surface area contributed by atoms with E-state index in [0.717, 1.165) is 23.0 Å². The van der Waals surface area contributed by atoms with Crippen LogP contribution < -0.4 is 0 Å². The minimum Gasteiger partial charge on any atom is -0.792 e. The van der Waals surface area contributed by atoms with Gasteiger partial charge in [-0.2, -0.15) is 23.0 Å². The van der Waals surface area contributed by atoms with Crippen LogP contribution in [0.1, 0.15) is 27.7 Å². The smallest absolute Gasteiger partial charge is 0.792 e. The van der Waals surface area contributed by atoms with Crippen LogP contribution in [0.5, 0.6) is 0 Å². The van der Waals surface area contributed by atoms with Crippen LogP contribution in [0, 0.1) is 0 Å². The van der Waals surface area contributed by atoms with Crippen LogP contribution in [0.3, 0.4) is 0 Å². The maximum Gasteiger partial charge on any atom is 4.00 e. The van der Waals surface area contributed by atoms with Crippen molar-refractivity contribution in [2.75, 3.05) is 46.0 Å². The molecule has 37 heavy (non-hydrogen) atoms. The molecule has 0 fully saturated rings. The van der Waals surface area contributed by atoms with E-state index in [0.29, 0.717) is 45.3 Å².